The third kappa shape index (κ3) is 4.78. The second-order valence-corrected chi connectivity index (χ2v) is 8.27. The average molecular weight is 453 g/mol. The number of carbonyl (C=O) groups is 1. The van der Waals surface area contributed by atoms with Gasteiger partial charge in [-0.3, -0.25) is 0 Å². The molecule has 0 saturated carbocycles. The summed E-state index contributed by atoms with van der Waals surface area (Å²) in [5.41, 5.74) is 1.86. The predicted octanol–water partition coefficient (Wildman–Crippen LogP) is 4.53. The van der Waals surface area contributed by atoms with Gasteiger partial charge < -0.3 is 9.47 Å². The van der Waals surface area contributed by atoms with E-state index in [0.717, 1.165) is 16.2 Å². The van der Waals surface area contributed by atoms with Gasteiger partial charge in [-0.1, -0.05) is 42.6 Å². The number of hydrogen-bond acceptors (Lipinski definition) is 8. The van der Waals surface area contributed by atoms with Gasteiger partial charge in [-0.2, -0.15) is 9.78 Å². The van der Waals surface area contributed by atoms with E-state index in [4.69, 9.17) is 14.6 Å². The van der Waals surface area contributed by atoms with Gasteiger partial charge in [0, 0.05) is 5.75 Å². The second kappa shape index (κ2) is 9.76. The molecule has 0 unspecified atom stereocenters. The summed E-state index contributed by atoms with van der Waals surface area (Å²) in [7, 11) is 0. The number of thiophene rings is 1. The van der Waals surface area contributed by atoms with Gasteiger partial charge in [0.25, 0.3) is 0 Å². The summed E-state index contributed by atoms with van der Waals surface area (Å²) < 4.78 is 12.5. The molecule has 7 nitrogen and oxygen atoms in total. The van der Waals surface area contributed by atoms with Crippen LogP contribution in [0.4, 0.5) is 0 Å². The molecule has 0 aliphatic carbocycles. The Kier molecular flexibility index (Phi) is 6.63. The summed E-state index contributed by atoms with van der Waals surface area (Å²) in [5.74, 6) is 1.47. The lowest BCUT2D eigenvalue weighted by molar-refractivity contribution is -0.137. The van der Waals surface area contributed by atoms with Crippen molar-refractivity contribution in [2.24, 2.45) is 5.10 Å². The van der Waals surface area contributed by atoms with E-state index in [-0.39, 0.29) is 6.61 Å². The van der Waals surface area contributed by atoms with Crippen molar-refractivity contribution < 1.29 is 14.3 Å². The fraction of sp³-hybridized carbons (Fsp3) is 0.182. The van der Waals surface area contributed by atoms with Crippen LogP contribution in [0.1, 0.15) is 12.5 Å². The van der Waals surface area contributed by atoms with Crippen molar-refractivity contribution in [2.75, 3.05) is 19.0 Å². The van der Waals surface area contributed by atoms with Crippen LogP contribution in [0.15, 0.2) is 70.3 Å². The molecule has 0 fully saturated rings. The highest BCUT2D eigenvalue weighted by Crippen LogP contribution is 2.31. The van der Waals surface area contributed by atoms with Crippen molar-refractivity contribution in [3.63, 3.8) is 0 Å². The molecule has 0 atom stereocenters. The number of thioether (sulfide) groups is 1. The van der Waals surface area contributed by atoms with Crippen molar-refractivity contribution in [1.29, 1.82) is 0 Å². The fourth-order valence-electron chi connectivity index (χ4n) is 2.87. The van der Waals surface area contributed by atoms with E-state index < -0.39 is 5.97 Å². The molecule has 1 aromatic carbocycles. The monoisotopic (exact) mass is 452 g/mol. The van der Waals surface area contributed by atoms with Gasteiger partial charge in [0.2, 0.25) is 5.16 Å². The number of ether oxygens (including phenoxy) is 2. The summed E-state index contributed by atoms with van der Waals surface area (Å²) in [6, 6.07) is 11.4. The number of rotatable bonds is 8. The van der Waals surface area contributed by atoms with Crippen LogP contribution in [-0.4, -0.2) is 45.5 Å². The molecule has 4 rings (SSSR count). The molecule has 0 amide bonds. The summed E-state index contributed by atoms with van der Waals surface area (Å²) in [5, 5.41) is 15.9. The first-order valence-electron chi connectivity index (χ1n) is 9.62. The molecule has 158 valence electrons. The van der Waals surface area contributed by atoms with Gasteiger partial charge in [0.15, 0.2) is 5.82 Å². The van der Waals surface area contributed by atoms with Crippen molar-refractivity contribution in [3.05, 3.63) is 65.6 Å². The SMILES string of the molecule is C=CCOc1ccc(/C=C(\C(=O)OCC)C2=Nn3c(nnc3-c3cccs3)SC2)cc1. The Bertz CT molecular complexity index is 1130. The molecule has 0 radical (unpaired) electrons. The molecule has 0 bridgehead atoms. The van der Waals surface area contributed by atoms with E-state index in [1.807, 2.05) is 41.8 Å². The Morgan fingerprint density at radius 2 is 2.10 bits per heavy atom. The van der Waals surface area contributed by atoms with Gasteiger partial charge in [-0.05, 0) is 42.1 Å². The van der Waals surface area contributed by atoms with Crippen LogP contribution in [0, 0.1) is 0 Å². The van der Waals surface area contributed by atoms with Gasteiger partial charge in [0.05, 0.1) is 22.8 Å². The Morgan fingerprint density at radius 1 is 1.26 bits per heavy atom. The van der Waals surface area contributed by atoms with E-state index in [9.17, 15) is 4.79 Å². The zero-order valence-corrected chi connectivity index (χ0v) is 18.5. The smallest absolute Gasteiger partial charge is 0.340 e. The first-order valence-corrected chi connectivity index (χ1v) is 11.5. The minimum absolute atomic E-state index is 0.281. The average Bonchev–Trinajstić information content (AvgIpc) is 3.46. The quantitative estimate of drug-likeness (QED) is 0.284. The lowest BCUT2D eigenvalue weighted by Gasteiger charge is -2.15. The molecule has 3 heterocycles. The molecular formula is C22H20N4O3S2. The Balaban J connectivity index is 1.70. The lowest BCUT2D eigenvalue weighted by atomic mass is 10.1. The largest absolute Gasteiger partial charge is 0.490 e. The van der Waals surface area contributed by atoms with Gasteiger partial charge in [-0.15, -0.1) is 21.5 Å². The number of carbonyl (C=O) groups excluding carboxylic acids is 1. The Morgan fingerprint density at radius 3 is 2.81 bits per heavy atom. The number of benzene rings is 1. The molecule has 0 saturated heterocycles. The van der Waals surface area contributed by atoms with Crippen molar-refractivity contribution in [2.45, 2.75) is 12.1 Å². The molecular weight excluding hydrogens is 432 g/mol. The van der Waals surface area contributed by atoms with Crippen molar-refractivity contribution in [1.82, 2.24) is 14.9 Å². The van der Waals surface area contributed by atoms with Crippen LogP contribution >= 0.6 is 23.1 Å². The summed E-state index contributed by atoms with van der Waals surface area (Å²) in [4.78, 5) is 13.7. The number of fused-ring (bicyclic) bond motifs is 1. The highest BCUT2D eigenvalue weighted by molar-refractivity contribution is 7.99. The Hall–Kier alpha value is -3.17. The zero-order valence-electron chi connectivity index (χ0n) is 16.9. The molecule has 0 spiro atoms. The molecule has 31 heavy (non-hydrogen) atoms. The third-order valence-corrected chi connectivity index (χ3v) is 6.07. The third-order valence-electron chi connectivity index (χ3n) is 4.28. The molecule has 9 heteroatoms. The molecule has 2 aromatic heterocycles. The van der Waals surface area contributed by atoms with E-state index in [1.54, 1.807) is 35.1 Å². The molecule has 1 aliphatic rings. The topological polar surface area (TPSA) is 78.6 Å². The summed E-state index contributed by atoms with van der Waals surface area (Å²) >= 11 is 3.05. The number of esters is 1. The van der Waals surface area contributed by atoms with Crippen LogP contribution in [0.25, 0.3) is 16.8 Å². The van der Waals surface area contributed by atoms with E-state index in [1.165, 1.54) is 11.8 Å². The normalized spacial score (nSPS) is 13.3. The number of hydrogen-bond donors (Lipinski definition) is 0. The summed E-state index contributed by atoms with van der Waals surface area (Å²) in [6.07, 6.45) is 3.48. The van der Waals surface area contributed by atoms with Crippen LogP contribution in [0.5, 0.6) is 5.75 Å². The van der Waals surface area contributed by atoms with Crippen molar-refractivity contribution in [3.8, 4) is 16.5 Å². The highest BCUT2D eigenvalue weighted by Gasteiger charge is 2.25. The Labute approximate surface area is 188 Å². The van der Waals surface area contributed by atoms with Gasteiger partial charge >= 0.3 is 5.97 Å². The molecule has 0 N–H and O–H groups in total. The van der Waals surface area contributed by atoms with Gasteiger partial charge in [0.1, 0.15) is 12.4 Å². The maximum Gasteiger partial charge on any atom is 0.340 e. The minimum atomic E-state index is -0.414. The maximum absolute atomic E-state index is 12.8. The van der Waals surface area contributed by atoms with Crippen LogP contribution in [-0.2, 0) is 9.53 Å². The van der Waals surface area contributed by atoms with Crippen molar-refractivity contribution >= 4 is 40.9 Å². The minimum Gasteiger partial charge on any atom is -0.490 e. The first-order chi connectivity index (χ1) is 15.2. The first kappa shape index (κ1) is 21.1. The number of aromatic nitrogens is 3. The number of nitrogens with zero attached hydrogens (tertiary/aromatic N) is 4. The van der Waals surface area contributed by atoms with E-state index in [0.29, 0.717) is 34.6 Å². The fourth-order valence-corrected chi connectivity index (χ4v) is 4.39. The molecule has 1 aliphatic heterocycles. The van der Waals surface area contributed by atoms with E-state index >= 15 is 0 Å². The van der Waals surface area contributed by atoms with Gasteiger partial charge in [-0.25, -0.2) is 4.79 Å². The predicted molar refractivity (Wildman–Crippen MR) is 124 cm³/mol. The van der Waals surface area contributed by atoms with Crippen LogP contribution in [0.2, 0.25) is 0 Å². The van der Waals surface area contributed by atoms with Crippen LogP contribution < -0.4 is 4.74 Å². The second-order valence-electron chi connectivity index (χ2n) is 6.38. The zero-order chi connectivity index (χ0) is 21.6. The highest BCUT2D eigenvalue weighted by atomic mass is 32.2. The maximum atomic E-state index is 12.8. The lowest BCUT2D eigenvalue weighted by Crippen LogP contribution is -2.21. The standard InChI is InChI=1S/C22H20N4O3S2/c1-3-11-29-16-9-7-15(8-10-16)13-17(21(27)28-4-2)18-14-31-22-24-23-20(26(22)25-18)19-6-5-12-30-19/h3,5-10,12-13H,1,4,11,14H2,2H3/b17-13-. The van der Waals surface area contributed by atoms with E-state index in [2.05, 4.69) is 16.8 Å². The molecule has 3 aromatic rings. The van der Waals surface area contributed by atoms with Crippen LogP contribution in [0.3, 0.4) is 0 Å². The summed E-state index contributed by atoms with van der Waals surface area (Å²) in [6.45, 7) is 6.14.